The number of cyclic esters (lactones) is 1. The maximum atomic E-state index is 10.8. The highest BCUT2D eigenvalue weighted by Crippen LogP contribution is 2.18. The van der Waals surface area contributed by atoms with Crippen molar-refractivity contribution in [2.24, 2.45) is 0 Å². The quantitative estimate of drug-likeness (QED) is 0.536. The van der Waals surface area contributed by atoms with Gasteiger partial charge in [0.1, 0.15) is 6.61 Å². The van der Waals surface area contributed by atoms with Crippen LogP contribution in [0.25, 0.3) is 0 Å². The number of carbonyl (C=O) groups excluding carboxylic acids is 1. The second-order valence-electron chi connectivity index (χ2n) is 2.07. The first-order valence-corrected chi connectivity index (χ1v) is 3.22. The smallest absolute Gasteiger partial charge is 0.373 e. The minimum Gasteiger partial charge on any atom is -0.490 e. The van der Waals surface area contributed by atoms with Gasteiger partial charge in [0.25, 0.3) is 0 Å². The number of ether oxygens (including phenoxy) is 2. The fraction of sp³-hybridized carbons (Fsp3) is 0.571. The Hall–Kier alpha value is -0.990. The van der Waals surface area contributed by atoms with Gasteiger partial charge in [-0.3, -0.25) is 0 Å². The van der Waals surface area contributed by atoms with E-state index in [0.717, 1.165) is 12.0 Å². The monoisotopic (exact) mass is 142 g/mol. The molecule has 1 rings (SSSR count). The summed E-state index contributed by atoms with van der Waals surface area (Å²) in [6.07, 6.45) is 0.814. The fourth-order valence-electron chi connectivity index (χ4n) is 0.918. The lowest BCUT2D eigenvalue weighted by Gasteiger charge is -1.96. The maximum Gasteiger partial charge on any atom is 0.373 e. The third-order valence-electron chi connectivity index (χ3n) is 1.51. The Kier molecular flexibility index (Phi) is 1.94. The van der Waals surface area contributed by atoms with Gasteiger partial charge < -0.3 is 9.47 Å². The van der Waals surface area contributed by atoms with Gasteiger partial charge in [-0.25, -0.2) is 4.79 Å². The molecule has 0 fully saturated rings. The SMILES string of the molecule is CCC1=C(OC)C(=O)OC1. The fourth-order valence-corrected chi connectivity index (χ4v) is 0.918. The summed E-state index contributed by atoms with van der Waals surface area (Å²) < 4.78 is 9.55. The summed E-state index contributed by atoms with van der Waals surface area (Å²) in [5, 5.41) is 0. The van der Waals surface area contributed by atoms with Crippen LogP contribution in [0.15, 0.2) is 11.3 Å². The summed E-state index contributed by atoms with van der Waals surface area (Å²) in [5.74, 6) is 0.0573. The van der Waals surface area contributed by atoms with Gasteiger partial charge in [0, 0.05) is 5.57 Å². The molecule has 0 aromatic heterocycles. The lowest BCUT2D eigenvalue weighted by Crippen LogP contribution is -2.00. The molecule has 0 unspecified atom stereocenters. The van der Waals surface area contributed by atoms with E-state index in [-0.39, 0.29) is 5.97 Å². The van der Waals surface area contributed by atoms with Crippen molar-refractivity contribution >= 4 is 5.97 Å². The number of rotatable bonds is 2. The van der Waals surface area contributed by atoms with Crippen LogP contribution in [0.4, 0.5) is 0 Å². The van der Waals surface area contributed by atoms with Crippen molar-refractivity contribution in [3.8, 4) is 0 Å². The van der Waals surface area contributed by atoms with E-state index in [1.807, 2.05) is 6.92 Å². The number of hydrogen-bond donors (Lipinski definition) is 0. The molecule has 0 saturated carbocycles. The molecule has 0 N–H and O–H groups in total. The van der Waals surface area contributed by atoms with E-state index in [1.54, 1.807) is 0 Å². The highest BCUT2D eigenvalue weighted by Gasteiger charge is 2.23. The predicted molar refractivity (Wildman–Crippen MR) is 35.3 cm³/mol. The summed E-state index contributed by atoms with van der Waals surface area (Å²) in [6, 6.07) is 0. The van der Waals surface area contributed by atoms with Crippen molar-refractivity contribution in [2.45, 2.75) is 13.3 Å². The lowest BCUT2D eigenvalue weighted by atomic mass is 10.2. The van der Waals surface area contributed by atoms with Crippen LogP contribution in [-0.2, 0) is 14.3 Å². The first kappa shape index (κ1) is 7.12. The largest absolute Gasteiger partial charge is 0.490 e. The Bertz CT molecular complexity index is 181. The Morgan fingerprint density at radius 1 is 1.70 bits per heavy atom. The molecule has 3 heteroatoms. The lowest BCUT2D eigenvalue weighted by molar-refractivity contribution is -0.138. The van der Waals surface area contributed by atoms with Crippen molar-refractivity contribution in [1.29, 1.82) is 0 Å². The molecular weight excluding hydrogens is 132 g/mol. The van der Waals surface area contributed by atoms with Crippen LogP contribution in [0.3, 0.4) is 0 Å². The van der Waals surface area contributed by atoms with Crippen molar-refractivity contribution in [3.05, 3.63) is 11.3 Å². The summed E-state index contributed by atoms with van der Waals surface area (Å²) in [6.45, 7) is 2.37. The minimum atomic E-state index is -0.334. The number of methoxy groups -OCH3 is 1. The summed E-state index contributed by atoms with van der Waals surface area (Å²) in [5.41, 5.74) is 0.951. The van der Waals surface area contributed by atoms with Gasteiger partial charge in [-0.2, -0.15) is 0 Å². The number of hydrogen-bond acceptors (Lipinski definition) is 3. The van der Waals surface area contributed by atoms with Gasteiger partial charge in [-0.15, -0.1) is 0 Å². The highest BCUT2D eigenvalue weighted by molar-refractivity contribution is 5.89. The first-order chi connectivity index (χ1) is 4.79. The number of esters is 1. The standard InChI is InChI=1S/C7H10O3/c1-3-5-4-10-7(8)6(5)9-2/h3-4H2,1-2H3. The van der Waals surface area contributed by atoms with Gasteiger partial charge in [0.2, 0.25) is 5.76 Å². The zero-order chi connectivity index (χ0) is 7.56. The molecule has 0 atom stereocenters. The molecule has 1 aliphatic rings. The molecule has 0 spiro atoms. The van der Waals surface area contributed by atoms with Crippen LogP contribution in [0.2, 0.25) is 0 Å². The molecule has 0 bridgehead atoms. The Morgan fingerprint density at radius 3 is 2.80 bits per heavy atom. The summed E-state index contributed by atoms with van der Waals surface area (Å²) in [4.78, 5) is 10.8. The van der Waals surface area contributed by atoms with Gasteiger partial charge in [-0.05, 0) is 6.42 Å². The average molecular weight is 142 g/mol. The molecule has 10 heavy (non-hydrogen) atoms. The van der Waals surface area contributed by atoms with Crippen molar-refractivity contribution in [1.82, 2.24) is 0 Å². The molecule has 0 radical (unpaired) electrons. The summed E-state index contributed by atoms with van der Waals surface area (Å²) in [7, 11) is 1.48. The second-order valence-corrected chi connectivity index (χ2v) is 2.07. The molecular formula is C7H10O3. The number of carbonyl (C=O) groups is 1. The minimum absolute atomic E-state index is 0.334. The maximum absolute atomic E-state index is 10.8. The predicted octanol–water partition coefficient (Wildman–Crippen LogP) is 0.854. The van der Waals surface area contributed by atoms with E-state index in [1.165, 1.54) is 7.11 Å². The van der Waals surface area contributed by atoms with Gasteiger partial charge >= 0.3 is 5.97 Å². The third-order valence-corrected chi connectivity index (χ3v) is 1.51. The van der Waals surface area contributed by atoms with Crippen LogP contribution in [0.5, 0.6) is 0 Å². The summed E-state index contributed by atoms with van der Waals surface area (Å²) >= 11 is 0. The van der Waals surface area contributed by atoms with E-state index < -0.39 is 0 Å². The van der Waals surface area contributed by atoms with E-state index >= 15 is 0 Å². The van der Waals surface area contributed by atoms with Gasteiger partial charge in [0.15, 0.2) is 0 Å². The van der Waals surface area contributed by atoms with Crippen molar-refractivity contribution in [3.63, 3.8) is 0 Å². The van der Waals surface area contributed by atoms with Crippen molar-refractivity contribution in [2.75, 3.05) is 13.7 Å². The molecule has 0 saturated heterocycles. The molecule has 0 aromatic rings. The Morgan fingerprint density at radius 2 is 2.40 bits per heavy atom. The molecule has 3 nitrogen and oxygen atoms in total. The van der Waals surface area contributed by atoms with E-state index in [0.29, 0.717) is 12.4 Å². The molecule has 1 heterocycles. The van der Waals surface area contributed by atoms with E-state index in [9.17, 15) is 4.79 Å². The molecule has 56 valence electrons. The second kappa shape index (κ2) is 2.73. The normalized spacial score (nSPS) is 17.6. The highest BCUT2D eigenvalue weighted by atomic mass is 16.6. The topological polar surface area (TPSA) is 35.5 Å². The molecule has 0 aromatic carbocycles. The van der Waals surface area contributed by atoms with Gasteiger partial charge in [0.05, 0.1) is 7.11 Å². The Labute approximate surface area is 59.6 Å². The zero-order valence-corrected chi connectivity index (χ0v) is 6.14. The zero-order valence-electron chi connectivity index (χ0n) is 6.14. The van der Waals surface area contributed by atoms with Crippen molar-refractivity contribution < 1.29 is 14.3 Å². The Balaban J connectivity index is 2.81. The van der Waals surface area contributed by atoms with Crippen LogP contribution in [0.1, 0.15) is 13.3 Å². The first-order valence-electron chi connectivity index (χ1n) is 3.22. The van der Waals surface area contributed by atoms with E-state index in [4.69, 9.17) is 9.47 Å². The van der Waals surface area contributed by atoms with Crippen LogP contribution < -0.4 is 0 Å². The molecule has 0 amide bonds. The average Bonchev–Trinajstić information content (AvgIpc) is 2.30. The van der Waals surface area contributed by atoms with Crippen LogP contribution >= 0.6 is 0 Å². The van der Waals surface area contributed by atoms with Crippen LogP contribution in [0, 0.1) is 0 Å². The van der Waals surface area contributed by atoms with Crippen LogP contribution in [-0.4, -0.2) is 19.7 Å². The van der Waals surface area contributed by atoms with E-state index in [2.05, 4.69) is 0 Å². The van der Waals surface area contributed by atoms with Gasteiger partial charge in [-0.1, -0.05) is 6.92 Å². The molecule has 0 aliphatic carbocycles. The molecule has 1 aliphatic heterocycles. The third kappa shape index (κ3) is 0.988.